The molecule has 2 aliphatic heterocycles. The molecule has 0 saturated carbocycles. The molecular weight excluding hydrogens is 428 g/mol. The molecule has 1 unspecified atom stereocenters. The molecule has 2 fully saturated rings. The monoisotopic (exact) mass is 456 g/mol. The minimum Gasteiger partial charge on any atom is -0.497 e. The van der Waals surface area contributed by atoms with Crippen LogP contribution in [-0.4, -0.2) is 52.3 Å². The highest BCUT2D eigenvalue weighted by atomic mass is 32.2. The molecule has 32 heavy (non-hydrogen) atoms. The van der Waals surface area contributed by atoms with Crippen LogP contribution in [0.2, 0.25) is 0 Å². The molecule has 0 bridgehead atoms. The number of anilines is 1. The van der Waals surface area contributed by atoms with Crippen molar-refractivity contribution in [1.29, 1.82) is 0 Å². The van der Waals surface area contributed by atoms with E-state index in [1.807, 2.05) is 35.2 Å². The van der Waals surface area contributed by atoms with Crippen molar-refractivity contribution in [2.45, 2.75) is 25.3 Å². The van der Waals surface area contributed by atoms with Gasteiger partial charge >= 0.3 is 0 Å². The van der Waals surface area contributed by atoms with Gasteiger partial charge in [-0.05, 0) is 61.2 Å². The normalized spacial score (nSPS) is 20.1. The second-order valence-corrected chi connectivity index (χ2v) is 9.98. The summed E-state index contributed by atoms with van der Waals surface area (Å²) in [5.74, 6) is 1.60. The van der Waals surface area contributed by atoms with Crippen LogP contribution in [0.5, 0.6) is 11.5 Å². The Morgan fingerprint density at radius 2 is 1.81 bits per heavy atom. The second-order valence-electron chi connectivity index (χ2n) is 7.96. The molecule has 1 amide bonds. The van der Waals surface area contributed by atoms with Gasteiger partial charge in [0, 0.05) is 24.7 Å². The first-order valence-corrected chi connectivity index (χ1v) is 12.3. The third-order valence-corrected chi connectivity index (χ3v) is 7.90. The molecule has 0 spiro atoms. The van der Waals surface area contributed by atoms with E-state index in [1.165, 1.54) is 4.31 Å². The molecule has 8 heteroatoms. The number of hydrogen-bond acceptors (Lipinski definition) is 5. The van der Waals surface area contributed by atoms with E-state index in [0.29, 0.717) is 25.2 Å². The highest BCUT2D eigenvalue weighted by molar-refractivity contribution is 7.93. The Morgan fingerprint density at radius 1 is 1.03 bits per heavy atom. The molecule has 170 valence electrons. The number of rotatable bonds is 6. The summed E-state index contributed by atoms with van der Waals surface area (Å²) in [6.07, 6.45) is 5.77. The van der Waals surface area contributed by atoms with Gasteiger partial charge in [-0.3, -0.25) is 9.10 Å². The van der Waals surface area contributed by atoms with E-state index in [0.717, 1.165) is 35.5 Å². The number of carbonyl (C=O) groups is 1. The van der Waals surface area contributed by atoms with E-state index in [2.05, 4.69) is 0 Å². The predicted octanol–water partition coefficient (Wildman–Crippen LogP) is 3.62. The molecule has 0 radical (unpaired) electrons. The summed E-state index contributed by atoms with van der Waals surface area (Å²) < 4.78 is 36.5. The van der Waals surface area contributed by atoms with Crippen LogP contribution in [-0.2, 0) is 14.8 Å². The van der Waals surface area contributed by atoms with Gasteiger partial charge in [0.25, 0.3) is 0 Å². The Labute approximate surface area is 189 Å². The summed E-state index contributed by atoms with van der Waals surface area (Å²) in [4.78, 5) is 14.9. The third-order valence-electron chi connectivity index (χ3n) is 6.03. The van der Waals surface area contributed by atoms with Crippen LogP contribution in [0.25, 0.3) is 6.08 Å². The number of sulfonamides is 1. The Bertz CT molecular complexity index is 1110. The maximum atomic E-state index is 13.0. The molecule has 2 aromatic rings. The van der Waals surface area contributed by atoms with Crippen molar-refractivity contribution in [3.8, 4) is 11.5 Å². The molecule has 2 heterocycles. The van der Waals surface area contributed by atoms with Crippen LogP contribution in [0.1, 0.15) is 36.4 Å². The standard InChI is InChI=1S/C24H28N2O5S/c1-30-20-11-12-23(31-2)21(17-20)22-5-3-14-25(22)24(27)13-8-18-6-9-19(10-7-18)26-15-4-16-32(26,28)29/h6-13,17,22H,3-5,14-16H2,1-2H3/b13-8+. The molecule has 2 aromatic carbocycles. The van der Waals surface area contributed by atoms with E-state index in [-0.39, 0.29) is 17.7 Å². The van der Waals surface area contributed by atoms with Crippen LogP contribution in [0.3, 0.4) is 0 Å². The summed E-state index contributed by atoms with van der Waals surface area (Å²) >= 11 is 0. The Balaban J connectivity index is 1.49. The highest BCUT2D eigenvalue weighted by Crippen LogP contribution is 2.39. The lowest BCUT2D eigenvalue weighted by atomic mass is 10.0. The fourth-order valence-electron chi connectivity index (χ4n) is 4.40. The number of benzene rings is 2. The molecule has 0 N–H and O–H groups in total. The van der Waals surface area contributed by atoms with Gasteiger partial charge in [-0.1, -0.05) is 12.1 Å². The van der Waals surface area contributed by atoms with Crippen LogP contribution in [0.4, 0.5) is 5.69 Å². The van der Waals surface area contributed by atoms with Gasteiger partial charge in [0.1, 0.15) is 11.5 Å². The van der Waals surface area contributed by atoms with Crippen molar-refractivity contribution < 1.29 is 22.7 Å². The van der Waals surface area contributed by atoms with E-state index in [9.17, 15) is 13.2 Å². The lowest BCUT2D eigenvalue weighted by Crippen LogP contribution is -2.29. The van der Waals surface area contributed by atoms with E-state index in [1.54, 1.807) is 38.5 Å². The smallest absolute Gasteiger partial charge is 0.247 e. The lowest BCUT2D eigenvalue weighted by Gasteiger charge is -2.25. The first-order valence-electron chi connectivity index (χ1n) is 10.7. The van der Waals surface area contributed by atoms with Gasteiger partial charge in [0.05, 0.1) is 31.7 Å². The van der Waals surface area contributed by atoms with E-state index in [4.69, 9.17) is 9.47 Å². The molecule has 2 saturated heterocycles. The van der Waals surface area contributed by atoms with E-state index < -0.39 is 10.0 Å². The zero-order valence-electron chi connectivity index (χ0n) is 18.4. The Kier molecular flexibility index (Phi) is 6.41. The van der Waals surface area contributed by atoms with Gasteiger partial charge < -0.3 is 14.4 Å². The lowest BCUT2D eigenvalue weighted by molar-refractivity contribution is -0.126. The molecule has 1 atom stereocenters. The number of likely N-dealkylation sites (tertiary alicyclic amines) is 1. The zero-order chi connectivity index (χ0) is 22.7. The summed E-state index contributed by atoms with van der Waals surface area (Å²) in [6, 6.07) is 12.8. The molecule has 7 nitrogen and oxygen atoms in total. The third kappa shape index (κ3) is 4.46. The van der Waals surface area contributed by atoms with E-state index >= 15 is 0 Å². The van der Waals surface area contributed by atoms with Gasteiger partial charge in [-0.15, -0.1) is 0 Å². The average molecular weight is 457 g/mol. The van der Waals surface area contributed by atoms with Gasteiger partial charge in [0.15, 0.2) is 0 Å². The summed E-state index contributed by atoms with van der Waals surface area (Å²) in [5.41, 5.74) is 2.45. The van der Waals surface area contributed by atoms with Crippen molar-refractivity contribution in [3.05, 3.63) is 59.7 Å². The minimum atomic E-state index is -3.20. The van der Waals surface area contributed by atoms with Gasteiger partial charge in [-0.2, -0.15) is 0 Å². The Morgan fingerprint density at radius 3 is 2.47 bits per heavy atom. The largest absolute Gasteiger partial charge is 0.497 e. The molecule has 2 aliphatic rings. The van der Waals surface area contributed by atoms with Crippen LogP contribution < -0.4 is 13.8 Å². The number of methoxy groups -OCH3 is 2. The maximum Gasteiger partial charge on any atom is 0.247 e. The van der Waals surface area contributed by atoms with Gasteiger partial charge in [-0.25, -0.2) is 8.42 Å². The maximum absolute atomic E-state index is 13.0. The molecule has 0 aromatic heterocycles. The number of ether oxygens (including phenoxy) is 2. The summed E-state index contributed by atoms with van der Waals surface area (Å²) in [6.45, 7) is 1.19. The van der Waals surface area contributed by atoms with Crippen molar-refractivity contribution in [2.75, 3.05) is 37.4 Å². The van der Waals surface area contributed by atoms with Crippen molar-refractivity contribution >= 4 is 27.7 Å². The number of carbonyl (C=O) groups excluding carboxylic acids is 1. The number of amides is 1. The van der Waals surface area contributed by atoms with Crippen molar-refractivity contribution in [3.63, 3.8) is 0 Å². The SMILES string of the molecule is COc1ccc(OC)c(C2CCCN2C(=O)/C=C/c2ccc(N3CCCS3(=O)=O)cc2)c1. The van der Waals surface area contributed by atoms with Crippen LogP contribution >= 0.6 is 0 Å². The first-order chi connectivity index (χ1) is 15.4. The number of nitrogens with zero attached hydrogens (tertiary/aromatic N) is 2. The predicted molar refractivity (Wildman–Crippen MR) is 124 cm³/mol. The fourth-order valence-corrected chi connectivity index (χ4v) is 5.96. The van der Waals surface area contributed by atoms with Crippen molar-refractivity contribution in [2.24, 2.45) is 0 Å². The second kappa shape index (κ2) is 9.24. The van der Waals surface area contributed by atoms with Crippen LogP contribution in [0.15, 0.2) is 48.5 Å². The Hall–Kier alpha value is -3.00. The molecular formula is C24H28N2O5S. The summed E-state index contributed by atoms with van der Waals surface area (Å²) in [7, 11) is 0.0519. The van der Waals surface area contributed by atoms with Crippen LogP contribution in [0, 0.1) is 0 Å². The first kappa shape index (κ1) is 22.2. The topological polar surface area (TPSA) is 76.2 Å². The number of hydrogen-bond donors (Lipinski definition) is 0. The fraction of sp³-hybridized carbons (Fsp3) is 0.375. The summed E-state index contributed by atoms with van der Waals surface area (Å²) in [5, 5.41) is 0. The molecule has 4 rings (SSSR count). The van der Waals surface area contributed by atoms with Crippen molar-refractivity contribution in [1.82, 2.24) is 4.90 Å². The minimum absolute atomic E-state index is 0.0661. The quantitative estimate of drug-likeness (QED) is 0.621. The average Bonchev–Trinajstić information content (AvgIpc) is 3.43. The molecule has 0 aliphatic carbocycles. The van der Waals surface area contributed by atoms with Gasteiger partial charge in [0.2, 0.25) is 15.9 Å². The highest BCUT2D eigenvalue weighted by Gasteiger charge is 2.31. The zero-order valence-corrected chi connectivity index (χ0v) is 19.2.